The SMILES string of the molecule is CC(C)(O)COc1cccc(I)n1. The Bertz CT molecular complexity index is 283. The topological polar surface area (TPSA) is 42.4 Å². The van der Waals surface area contributed by atoms with Gasteiger partial charge in [0.25, 0.3) is 0 Å². The zero-order valence-corrected chi connectivity index (χ0v) is 9.78. The van der Waals surface area contributed by atoms with E-state index in [4.69, 9.17) is 4.74 Å². The summed E-state index contributed by atoms with van der Waals surface area (Å²) in [5.41, 5.74) is -0.817. The molecule has 0 radical (unpaired) electrons. The fourth-order valence-corrected chi connectivity index (χ4v) is 1.17. The summed E-state index contributed by atoms with van der Waals surface area (Å²) in [5.74, 6) is 0.550. The molecule has 72 valence electrons. The van der Waals surface area contributed by atoms with Crippen LogP contribution in [-0.4, -0.2) is 22.3 Å². The largest absolute Gasteiger partial charge is 0.475 e. The fourth-order valence-electron chi connectivity index (χ4n) is 0.721. The second-order valence-corrected chi connectivity index (χ2v) is 4.50. The summed E-state index contributed by atoms with van der Waals surface area (Å²) in [6.45, 7) is 3.64. The minimum atomic E-state index is -0.817. The Morgan fingerprint density at radius 2 is 2.23 bits per heavy atom. The minimum absolute atomic E-state index is 0.250. The molecule has 1 N–H and O–H groups in total. The minimum Gasteiger partial charge on any atom is -0.475 e. The molecule has 0 saturated carbocycles. The molecule has 0 spiro atoms. The van der Waals surface area contributed by atoms with Gasteiger partial charge in [-0.3, -0.25) is 0 Å². The number of hydrogen-bond acceptors (Lipinski definition) is 3. The molecule has 0 amide bonds. The average Bonchev–Trinajstić information content (AvgIpc) is 2.00. The molecule has 4 heteroatoms. The van der Waals surface area contributed by atoms with E-state index in [2.05, 4.69) is 27.6 Å². The van der Waals surface area contributed by atoms with Crippen molar-refractivity contribution in [2.45, 2.75) is 19.4 Å². The first kappa shape index (κ1) is 10.7. The molecule has 1 rings (SSSR count). The van der Waals surface area contributed by atoms with Gasteiger partial charge in [0.2, 0.25) is 5.88 Å². The van der Waals surface area contributed by atoms with Crippen molar-refractivity contribution in [2.75, 3.05) is 6.61 Å². The van der Waals surface area contributed by atoms with Crippen LogP contribution in [0.4, 0.5) is 0 Å². The second-order valence-electron chi connectivity index (χ2n) is 3.40. The van der Waals surface area contributed by atoms with Gasteiger partial charge < -0.3 is 9.84 Å². The van der Waals surface area contributed by atoms with Gasteiger partial charge in [0, 0.05) is 6.07 Å². The first-order chi connectivity index (χ1) is 5.97. The van der Waals surface area contributed by atoms with Crippen molar-refractivity contribution < 1.29 is 9.84 Å². The summed E-state index contributed by atoms with van der Waals surface area (Å²) in [4.78, 5) is 4.13. The Balaban J connectivity index is 2.55. The van der Waals surface area contributed by atoms with Crippen molar-refractivity contribution in [3.63, 3.8) is 0 Å². The van der Waals surface area contributed by atoms with Crippen LogP contribution < -0.4 is 4.74 Å². The van der Waals surface area contributed by atoms with Gasteiger partial charge in [-0.05, 0) is 42.5 Å². The lowest BCUT2D eigenvalue weighted by molar-refractivity contribution is 0.0268. The van der Waals surface area contributed by atoms with Crippen molar-refractivity contribution in [2.24, 2.45) is 0 Å². The van der Waals surface area contributed by atoms with Crippen LogP contribution in [0, 0.1) is 3.70 Å². The number of pyridine rings is 1. The molecule has 13 heavy (non-hydrogen) atoms. The molecule has 0 aliphatic carbocycles. The maximum absolute atomic E-state index is 9.39. The number of aliphatic hydroxyl groups is 1. The molecule has 0 unspecified atom stereocenters. The maximum atomic E-state index is 9.39. The van der Waals surface area contributed by atoms with Crippen molar-refractivity contribution in [1.82, 2.24) is 4.98 Å². The average molecular weight is 293 g/mol. The highest BCUT2D eigenvalue weighted by Gasteiger charge is 2.13. The van der Waals surface area contributed by atoms with Crippen molar-refractivity contribution >= 4 is 22.6 Å². The van der Waals surface area contributed by atoms with E-state index in [1.807, 2.05) is 12.1 Å². The zero-order valence-electron chi connectivity index (χ0n) is 7.62. The molecule has 0 aromatic carbocycles. The number of ether oxygens (including phenoxy) is 1. The van der Waals surface area contributed by atoms with Gasteiger partial charge in [0.1, 0.15) is 10.3 Å². The molecular weight excluding hydrogens is 281 g/mol. The molecule has 1 aromatic heterocycles. The van der Waals surface area contributed by atoms with Gasteiger partial charge in [-0.1, -0.05) is 6.07 Å². The van der Waals surface area contributed by atoms with Gasteiger partial charge >= 0.3 is 0 Å². The molecule has 0 aliphatic rings. The highest BCUT2D eigenvalue weighted by Crippen LogP contribution is 2.11. The predicted octanol–water partition coefficient (Wildman–Crippen LogP) is 1.84. The van der Waals surface area contributed by atoms with Crippen LogP contribution in [0.25, 0.3) is 0 Å². The van der Waals surface area contributed by atoms with Gasteiger partial charge in [0.05, 0.1) is 5.60 Å². The summed E-state index contributed by atoms with van der Waals surface area (Å²) in [6.07, 6.45) is 0. The van der Waals surface area contributed by atoms with E-state index in [1.54, 1.807) is 19.9 Å². The van der Waals surface area contributed by atoms with E-state index < -0.39 is 5.60 Å². The molecular formula is C9H12INO2. The van der Waals surface area contributed by atoms with E-state index in [0.29, 0.717) is 5.88 Å². The van der Waals surface area contributed by atoms with E-state index in [1.165, 1.54) is 0 Å². The smallest absolute Gasteiger partial charge is 0.214 e. The normalized spacial score (nSPS) is 11.4. The summed E-state index contributed by atoms with van der Waals surface area (Å²) in [6, 6.07) is 5.53. The first-order valence-electron chi connectivity index (χ1n) is 3.95. The third kappa shape index (κ3) is 4.42. The van der Waals surface area contributed by atoms with Crippen molar-refractivity contribution in [1.29, 1.82) is 0 Å². The first-order valence-corrected chi connectivity index (χ1v) is 5.03. The number of halogens is 1. The van der Waals surface area contributed by atoms with Crippen LogP contribution in [0.1, 0.15) is 13.8 Å². The lowest BCUT2D eigenvalue weighted by Gasteiger charge is -2.16. The second kappa shape index (κ2) is 4.23. The summed E-state index contributed by atoms with van der Waals surface area (Å²) >= 11 is 2.11. The van der Waals surface area contributed by atoms with Gasteiger partial charge in [-0.2, -0.15) is 0 Å². The Kier molecular flexibility index (Phi) is 3.49. The van der Waals surface area contributed by atoms with Crippen LogP contribution in [0.5, 0.6) is 5.88 Å². The third-order valence-electron chi connectivity index (χ3n) is 1.26. The highest BCUT2D eigenvalue weighted by molar-refractivity contribution is 14.1. The quantitative estimate of drug-likeness (QED) is 0.683. The highest BCUT2D eigenvalue weighted by atomic mass is 127. The summed E-state index contributed by atoms with van der Waals surface area (Å²) < 4.78 is 6.17. The number of nitrogens with zero attached hydrogens (tertiary/aromatic N) is 1. The van der Waals surface area contributed by atoms with Gasteiger partial charge in [0.15, 0.2) is 0 Å². The van der Waals surface area contributed by atoms with Gasteiger partial charge in [-0.25, -0.2) is 4.98 Å². The fraction of sp³-hybridized carbons (Fsp3) is 0.444. The zero-order chi connectivity index (χ0) is 9.90. The van der Waals surface area contributed by atoms with E-state index in [-0.39, 0.29) is 6.61 Å². The molecule has 0 atom stereocenters. The van der Waals surface area contributed by atoms with Crippen LogP contribution in [-0.2, 0) is 0 Å². The van der Waals surface area contributed by atoms with Crippen LogP contribution in [0.2, 0.25) is 0 Å². The van der Waals surface area contributed by atoms with Crippen molar-refractivity contribution in [3.8, 4) is 5.88 Å². The number of rotatable bonds is 3. The van der Waals surface area contributed by atoms with E-state index >= 15 is 0 Å². The summed E-state index contributed by atoms with van der Waals surface area (Å²) in [7, 11) is 0. The maximum Gasteiger partial charge on any atom is 0.214 e. The molecule has 0 aliphatic heterocycles. The standard InChI is InChI=1S/C9H12INO2/c1-9(2,12)6-13-8-5-3-4-7(10)11-8/h3-5,12H,6H2,1-2H3. The molecule has 1 heterocycles. The molecule has 0 saturated heterocycles. The predicted molar refractivity (Wildman–Crippen MR) is 58.7 cm³/mol. The molecule has 0 bridgehead atoms. The third-order valence-corrected chi connectivity index (χ3v) is 1.86. The van der Waals surface area contributed by atoms with Gasteiger partial charge in [-0.15, -0.1) is 0 Å². The lowest BCUT2D eigenvalue weighted by atomic mass is 10.2. The van der Waals surface area contributed by atoms with Crippen LogP contribution >= 0.6 is 22.6 Å². The molecule has 3 nitrogen and oxygen atoms in total. The summed E-state index contributed by atoms with van der Waals surface area (Å²) in [5, 5.41) is 9.39. The lowest BCUT2D eigenvalue weighted by Crippen LogP contribution is -2.28. The number of aromatic nitrogens is 1. The van der Waals surface area contributed by atoms with E-state index in [0.717, 1.165) is 3.70 Å². The molecule has 1 aromatic rings. The van der Waals surface area contributed by atoms with E-state index in [9.17, 15) is 5.11 Å². The monoisotopic (exact) mass is 293 g/mol. The van der Waals surface area contributed by atoms with Crippen LogP contribution in [0.3, 0.4) is 0 Å². The Hall–Kier alpha value is -0.360. The Labute approximate surface area is 91.3 Å². The Morgan fingerprint density at radius 3 is 2.77 bits per heavy atom. The van der Waals surface area contributed by atoms with Crippen LogP contribution in [0.15, 0.2) is 18.2 Å². The molecule has 0 fully saturated rings. The number of hydrogen-bond donors (Lipinski definition) is 1. The van der Waals surface area contributed by atoms with Crippen molar-refractivity contribution in [3.05, 3.63) is 21.9 Å². The Morgan fingerprint density at radius 1 is 1.54 bits per heavy atom.